The molecule has 0 saturated heterocycles. The molecule has 0 aromatic heterocycles. The summed E-state index contributed by atoms with van der Waals surface area (Å²) in [5, 5.41) is 37.2. The molecule has 0 radical (unpaired) electrons. The molecular formula is C21H22N4O2. The van der Waals surface area contributed by atoms with Gasteiger partial charge in [0.25, 0.3) is 0 Å². The van der Waals surface area contributed by atoms with Gasteiger partial charge in [-0.25, -0.2) is 0 Å². The number of hydrogen-bond donors (Lipinski definition) is 1. The summed E-state index contributed by atoms with van der Waals surface area (Å²) in [5.41, 5.74) is 1.60. The largest absolute Gasteiger partial charge is 0.480 e. The number of ether oxygens (including phenoxy) is 1. The maximum atomic E-state index is 9.65. The standard InChI is InChI=1S/C21H22N4O2/c1-4-9-25(10-11-26)17-7-5-15(6-8-17)19-18(14-24)20(16(12-22)13-23)27-21(19,2)3/h5-8,26H,4,9-11H2,1-3H3. The predicted octanol–water partition coefficient (Wildman–Crippen LogP) is 3.28. The Balaban J connectivity index is 2.54. The van der Waals surface area contributed by atoms with Gasteiger partial charge in [-0.1, -0.05) is 19.1 Å². The van der Waals surface area contributed by atoms with E-state index in [2.05, 4.69) is 17.9 Å². The van der Waals surface area contributed by atoms with Crippen molar-refractivity contribution in [3.63, 3.8) is 0 Å². The third kappa shape index (κ3) is 3.95. The van der Waals surface area contributed by atoms with Crippen molar-refractivity contribution in [1.82, 2.24) is 0 Å². The molecule has 1 aromatic rings. The number of hydrogen-bond acceptors (Lipinski definition) is 6. The lowest BCUT2D eigenvalue weighted by atomic mass is 9.89. The molecule has 0 bridgehead atoms. The van der Waals surface area contributed by atoms with Crippen LogP contribution < -0.4 is 4.90 Å². The summed E-state index contributed by atoms with van der Waals surface area (Å²) in [6.45, 7) is 7.16. The van der Waals surface area contributed by atoms with Crippen molar-refractivity contribution in [3.05, 3.63) is 46.7 Å². The Kier molecular flexibility index (Phi) is 6.24. The highest BCUT2D eigenvalue weighted by Gasteiger charge is 2.40. The topological polar surface area (TPSA) is 104 Å². The molecular weight excluding hydrogens is 340 g/mol. The van der Waals surface area contributed by atoms with Crippen LogP contribution in [0.2, 0.25) is 0 Å². The van der Waals surface area contributed by atoms with Crippen LogP contribution in [0.25, 0.3) is 5.57 Å². The van der Waals surface area contributed by atoms with E-state index < -0.39 is 5.60 Å². The van der Waals surface area contributed by atoms with Crippen molar-refractivity contribution in [2.45, 2.75) is 32.8 Å². The number of nitriles is 3. The van der Waals surface area contributed by atoms with E-state index in [1.807, 2.05) is 38.1 Å². The minimum absolute atomic E-state index is 0.0412. The monoisotopic (exact) mass is 362 g/mol. The van der Waals surface area contributed by atoms with E-state index in [9.17, 15) is 10.4 Å². The highest BCUT2D eigenvalue weighted by molar-refractivity contribution is 5.84. The van der Waals surface area contributed by atoms with Gasteiger partial charge in [0.15, 0.2) is 11.3 Å². The van der Waals surface area contributed by atoms with Crippen molar-refractivity contribution in [3.8, 4) is 18.2 Å². The average Bonchev–Trinajstić information content (AvgIpc) is 2.93. The summed E-state index contributed by atoms with van der Waals surface area (Å²) in [6.07, 6.45) is 0.964. The van der Waals surface area contributed by atoms with Crippen molar-refractivity contribution in [1.29, 1.82) is 15.8 Å². The molecule has 0 saturated carbocycles. The van der Waals surface area contributed by atoms with E-state index in [1.165, 1.54) is 0 Å². The fourth-order valence-corrected chi connectivity index (χ4v) is 3.27. The Labute approximate surface area is 159 Å². The number of benzene rings is 1. The Bertz CT molecular complexity index is 868. The number of aliphatic hydroxyl groups excluding tert-OH is 1. The van der Waals surface area contributed by atoms with Gasteiger partial charge in [-0.15, -0.1) is 0 Å². The Morgan fingerprint density at radius 1 is 1.11 bits per heavy atom. The molecule has 27 heavy (non-hydrogen) atoms. The van der Waals surface area contributed by atoms with Gasteiger partial charge in [0.05, 0.1) is 6.61 Å². The first-order chi connectivity index (χ1) is 12.9. The summed E-state index contributed by atoms with van der Waals surface area (Å²) in [6, 6.07) is 13.4. The van der Waals surface area contributed by atoms with Crippen LogP contribution in [-0.4, -0.2) is 30.4 Å². The van der Waals surface area contributed by atoms with Crippen LogP contribution in [0.5, 0.6) is 0 Å². The average molecular weight is 362 g/mol. The summed E-state index contributed by atoms with van der Waals surface area (Å²) < 4.78 is 5.81. The smallest absolute Gasteiger partial charge is 0.172 e. The van der Waals surface area contributed by atoms with Gasteiger partial charge in [-0.2, -0.15) is 15.8 Å². The molecule has 0 unspecified atom stereocenters. The summed E-state index contributed by atoms with van der Waals surface area (Å²) >= 11 is 0. The first kappa shape index (κ1) is 20.0. The van der Waals surface area contributed by atoms with Crippen molar-refractivity contribution in [2.24, 2.45) is 0 Å². The predicted molar refractivity (Wildman–Crippen MR) is 102 cm³/mol. The molecule has 6 heteroatoms. The molecule has 2 rings (SSSR count). The first-order valence-electron chi connectivity index (χ1n) is 8.78. The maximum Gasteiger partial charge on any atom is 0.172 e. The Morgan fingerprint density at radius 2 is 1.74 bits per heavy atom. The van der Waals surface area contributed by atoms with Crippen LogP contribution in [0.15, 0.2) is 41.2 Å². The lowest BCUT2D eigenvalue weighted by Gasteiger charge is -2.25. The van der Waals surface area contributed by atoms with Crippen LogP contribution in [-0.2, 0) is 4.74 Å². The molecule has 1 aliphatic rings. The van der Waals surface area contributed by atoms with Gasteiger partial charge in [-0.3, -0.25) is 0 Å². The van der Waals surface area contributed by atoms with Crippen LogP contribution in [0.1, 0.15) is 32.8 Å². The molecule has 1 aromatic carbocycles. The molecule has 1 N–H and O–H groups in total. The zero-order valence-electron chi connectivity index (χ0n) is 15.8. The van der Waals surface area contributed by atoms with E-state index in [0.29, 0.717) is 12.1 Å². The second kappa shape index (κ2) is 8.41. The van der Waals surface area contributed by atoms with Crippen molar-refractivity contribution in [2.75, 3.05) is 24.6 Å². The summed E-state index contributed by atoms with van der Waals surface area (Å²) in [4.78, 5) is 2.09. The fraction of sp³-hybridized carbons (Fsp3) is 0.381. The minimum Gasteiger partial charge on any atom is -0.480 e. The molecule has 0 spiro atoms. The highest BCUT2D eigenvalue weighted by Crippen LogP contribution is 2.45. The molecule has 1 heterocycles. The second-order valence-electron chi connectivity index (χ2n) is 6.66. The normalized spacial score (nSPS) is 14.8. The number of anilines is 1. The lowest BCUT2D eigenvalue weighted by molar-refractivity contribution is 0.109. The summed E-state index contributed by atoms with van der Waals surface area (Å²) in [7, 11) is 0. The first-order valence-corrected chi connectivity index (χ1v) is 8.78. The maximum absolute atomic E-state index is 9.65. The van der Waals surface area contributed by atoms with Gasteiger partial charge in [0.1, 0.15) is 29.4 Å². The van der Waals surface area contributed by atoms with E-state index >= 15 is 0 Å². The van der Waals surface area contributed by atoms with Crippen LogP contribution in [0.4, 0.5) is 5.69 Å². The zero-order valence-corrected chi connectivity index (χ0v) is 15.8. The molecule has 0 amide bonds. The van der Waals surface area contributed by atoms with E-state index in [-0.39, 0.29) is 23.5 Å². The quantitative estimate of drug-likeness (QED) is 0.779. The number of aliphatic hydroxyl groups is 1. The molecule has 6 nitrogen and oxygen atoms in total. The SMILES string of the molecule is CCCN(CCO)c1ccc(C2=C(C#N)C(=C(C#N)C#N)OC2(C)C)cc1. The van der Waals surface area contributed by atoms with Crippen molar-refractivity contribution >= 4 is 11.3 Å². The number of nitrogens with zero attached hydrogens (tertiary/aromatic N) is 4. The molecule has 0 fully saturated rings. The van der Waals surface area contributed by atoms with Crippen LogP contribution in [0.3, 0.4) is 0 Å². The van der Waals surface area contributed by atoms with Crippen molar-refractivity contribution < 1.29 is 9.84 Å². The van der Waals surface area contributed by atoms with E-state index in [1.54, 1.807) is 12.1 Å². The minimum atomic E-state index is -0.838. The van der Waals surface area contributed by atoms with E-state index in [4.69, 9.17) is 15.3 Å². The van der Waals surface area contributed by atoms with E-state index in [0.717, 1.165) is 24.2 Å². The highest BCUT2D eigenvalue weighted by atomic mass is 16.5. The summed E-state index contributed by atoms with van der Waals surface area (Å²) in [5.74, 6) is 0.0412. The molecule has 0 atom stereocenters. The Hall–Kier alpha value is -3.27. The number of allylic oxidation sites excluding steroid dienone is 2. The second-order valence-corrected chi connectivity index (χ2v) is 6.66. The number of rotatable bonds is 6. The molecule has 0 aliphatic carbocycles. The van der Waals surface area contributed by atoms with Gasteiger partial charge in [0.2, 0.25) is 0 Å². The van der Waals surface area contributed by atoms with Gasteiger partial charge in [0, 0.05) is 24.4 Å². The van der Waals surface area contributed by atoms with Gasteiger partial charge in [-0.05, 0) is 38.0 Å². The lowest BCUT2D eigenvalue weighted by Crippen LogP contribution is -2.27. The van der Waals surface area contributed by atoms with Gasteiger partial charge >= 0.3 is 0 Å². The van der Waals surface area contributed by atoms with Crippen LogP contribution in [0, 0.1) is 34.0 Å². The Morgan fingerprint density at radius 3 is 2.22 bits per heavy atom. The third-order valence-electron chi connectivity index (χ3n) is 4.38. The molecule has 1 aliphatic heterocycles. The third-order valence-corrected chi connectivity index (χ3v) is 4.38. The van der Waals surface area contributed by atoms with Crippen LogP contribution >= 0.6 is 0 Å². The fourth-order valence-electron chi connectivity index (χ4n) is 3.27. The molecule has 138 valence electrons. The van der Waals surface area contributed by atoms with Gasteiger partial charge < -0.3 is 14.7 Å². The zero-order chi connectivity index (χ0) is 20.0.